The lowest BCUT2D eigenvalue weighted by atomic mass is 10.1. The quantitative estimate of drug-likeness (QED) is 0.293. The number of nitrogens with zero attached hydrogens (tertiary/aromatic N) is 1. The highest BCUT2D eigenvalue weighted by atomic mass is 19.0. The summed E-state index contributed by atoms with van der Waals surface area (Å²) in [6, 6.07) is 10.4. The van der Waals surface area contributed by atoms with Gasteiger partial charge in [0.2, 0.25) is 6.23 Å². The highest BCUT2D eigenvalue weighted by Crippen LogP contribution is 2.24. The van der Waals surface area contributed by atoms with Crippen molar-refractivity contribution in [3.05, 3.63) is 48.6 Å². The van der Waals surface area contributed by atoms with Crippen molar-refractivity contribution in [3.8, 4) is 0 Å². The first-order chi connectivity index (χ1) is 10.1. The third-order valence-corrected chi connectivity index (χ3v) is 4.17. The molecule has 1 atom stereocenters. The molecule has 22 heavy (non-hydrogen) atoms. The fourth-order valence-electron chi connectivity index (χ4n) is 2.78. The Morgan fingerprint density at radius 2 is 1.82 bits per heavy atom. The zero-order valence-electron chi connectivity index (χ0n) is 13.9. The molecule has 0 saturated heterocycles. The average molecular weight is 309 g/mol. The van der Waals surface area contributed by atoms with Crippen molar-refractivity contribution >= 4 is 5.97 Å². The summed E-state index contributed by atoms with van der Waals surface area (Å²) in [5, 5.41) is 0. The summed E-state index contributed by atoms with van der Waals surface area (Å²) >= 11 is 0. The van der Waals surface area contributed by atoms with Gasteiger partial charge in [-0.25, -0.2) is 4.79 Å². The van der Waals surface area contributed by atoms with E-state index >= 15 is 0 Å². The minimum absolute atomic E-state index is 0. The minimum atomic E-state index is -0.328. The van der Waals surface area contributed by atoms with Gasteiger partial charge < -0.3 is 9.44 Å². The Morgan fingerprint density at radius 3 is 2.27 bits per heavy atom. The van der Waals surface area contributed by atoms with Crippen LogP contribution in [0.3, 0.4) is 0 Å². The minimum Gasteiger partial charge on any atom is -1.00 e. The van der Waals surface area contributed by atoms with E-state index in [-0.39, 0.29) is 16.9 Å². The standard InChI is InChI=1S/C18H28NO2.FH/c1-5-12-17(21-18(20)6-2)19(7-3,8-4)15-16-13-10-9-11-14-16;/h6,9-11,13-14,17H,2,5,7-8,12,15H2,1,3-4H3;1H/q+1;/p-1. The maximum Gasteiger partial charge on any atom is 0.334 e. The highest BCUT2D eigenvalue weighted by Gasteiger charge is 2.36. The Hall–Kier alpha value is -1.68. The molecule has 0 saturated carbocycles. The smallest absolute Gasteiger partial charge is 0.334 e. The molecule has 3 nitrogen and oxygen atoms in total. The fourth-order valence-corrected chi connectivity index (χ4v) is 2.78. The lowest BCUT2D eigenvalue weighted by Crippen LogP contribution is -3.00. The second-order valence-electron chi connectivity index (χ2n) is 5.38. The summed E-state index contributed by atoms with van der Waals surface area (Å²) in [5.41, 5.74) is 1.27. The van der Waals surface area contributed by atoms with Crippen LogP contribution >= 0.6 is 0 Å². The molecule has 124 valence electrons. The van der Waals surface area contributed by atoms with Crippen molar-refractivity contribution in [2.75, 3.05) is 13.1 Å². The van der Waals surface area contributed by atoms with Gasteiger partial charge in [0.15, 0.2) is 0 Å². The van der Waals surface area contributed by atoms with Crippen LogP contribution in [0.15, 0.2) is 43.0 Å². The summed E-state index contributed by atoms with van der Waals surface area (Å²) in [4.78, 5) is 11.7. The lowest BCUT2D eigenvalue weighted by Gasteiger charge is -2.42. The highest BCUT2D eigenvalue weighted by molar-refractivity contribution is 5.81. The SMILES string of the molecule is C=CC(=O)OC(CCC)[N+](CC)(CC)Cc1ccccc1.[F-]. The molecule has 1 unspecified atom stereocenters. The van der Waals surface area contributed by atoms with Gasteiger partial charge in [0.25, 0.3) is 0 Å². The number of benzene rings is 1. The molecule has 1 aromatic rings. The van der Waals surface area contributed by atoms with Crippen molar-refractivity contribution < 1.29 is 18.7 Å². The van der Waals surface area contributed by atoms with Crippen LogP contribution < -0.4 is 4.70 Å². The van der Waals surface area contributed by atoms with Gasteiger partial charge in [-0.05, 0) is 20.3 Å². The largest absolute Gasteiger partial charge is 1.00 e. The van der Waals surface area contributed by atoms with E-state index in [2.05, 4.69) is 51.6 Å². The first-order valence-electron chi connectivity index (χ1n) is 7.84. The van der Waals surface area contributed by atoms with Crippen molar-refractivity contribution in [1.82, 2.24) is 0 Å². The molecule has 0 N–H and O–H groups in total. The molecule has 0 aliphatic heterocycles. The van der Waals surface area contributed by atoms with E-state index in [0.29, 0.717) is 0 Å². The van der Waals surface area contributed by atoms with Gasteiger partial charge in [-0.1, -0.05) is 43.8 Å². The molecule has 0 bridgehead atoms. The van der Waals surface area contributed by atoms with Crippen LogP contribution in [0.25, 0.3) is 0 Å². The molecule has 0 aromatic heterocycles. The van der Waals surface area contributed by atoms with Crippen molar-refractivity contribution in [1.29, 1.82) is 0 Å². The Labute approximate surface area is 133 Å². The van der Waals surface area contributed by atoms with Gasteiger partial charge in [0.05, 0.1) is 13.1 Å². The Kier molecular flexibility index (Phi) is 9.34. The number of carbonyl (C=O) groups excluding carboxylic acids is 1. The number of quaternary nitrogens is 1. The molecule has 0 heterocycles. The number of hydrogen-bond acceptors (Lipinski definition) is 2. The topological polar surface area (TPSA) is 26.3 Å². The van der Waals surface area contributed by atoms with E-state index < -0.39 is 0 Å². The van der Waals surface area contributed by atoms with Crippen molar-refractivity contribution in [3.63, 3.8) is 0 Å². The van der Waals surface area contributed by atoms with E-state index in [1.165, 1.54) is 11.6 Å². The molecule has 0 aliphatic carbocycles. The van der Waals surface area contributed by atoms with Crippen LogP contribution in [0.1, 0.15) is 39.2 Å². The van der Waals surface area contributed by atoms with Gasteiger partial charge in [0.1, 0.15) is 6.54 Å². The molecule has 1 rings (SSSR count). The number of hydrogen-bond donors (Lipinski definition) is 0. The van der Waals surface area contributed by atoms with Gasteiger partial charge in [-0.3, -0.25) is 4.48 Å². The number of carbonyl (C=O) groups is 1. The van der Waals surface area contributed by atoms with E-state index in [1.54, 1.807) is 0 Å². The van der Waals surface area contributed by atoms with Gasteiger partial charge in [-0.2, -0.15) is 0 Å². The van der Waals surface area contributed by atoms with Gasteiger partial charge >= 0.3 is 5.97 Å². The molecule has 0 fully saturated rings. The molecule has 0 aliphatic rings. The summed E-state index contributed by atoms with van der Waals surface area (Å²) in [6.45, 7) is 12.7. The van der Waals surface area contributed by atoms with Crippen LogP contribution in [-0.4, -0.2) is 29.8 Å². The number of rotatable bonds is 9. The van der Waals surface area contributed by atoms with Crippen LogP contribution in [-0.2, 0) is 16.1 Å². The molecule has 1 aromatic carbocycles. The molecule has 0 spiro atoms. The summed E-state index contributed by atoms with van der Waals surface area (Å²) in [7, 11) is 0. The maximum absolute atomic E-state index is 11.7. The lowest BCUT2D eigenvalue weighted by molar-refractivity contribution is -0.978. The summed E-state index contributed by atoms with van der Waals surface area (Å²) in [5.74, 6) is -0.328. The second kappa shape index (κ2) is 10.1. The predicted molar refractivity (Wildman–Crippen MR) is 86.5 cm³/mol. The first kappa shape index (κ1) is 20.3. The molecule has 0 amide bonds. The zero-order chi connectivity index (χ0) is 15.7. The molecule has 4 heteroatoms. The first-order valence-corrected chi connectivity index (χ1v) is 7.84. The van der Waals surface area contributed by atoms with Crippen LogP contribution in [0, 0.1) is 0 Å². The van der Waals surface area contributed by atoms with Gasteiger partial charge in [0, 0.05) is 18.1 Å². The average Bonchev–Trinajstić information content (AvgIpc) is 2.53. The van der Waals surface area contributed by atoms with E-state index in [9.17, 15) is 4.79 Å². The fraction of sp³-hybridized carbons (Fsp3) is 0.500. The third-order valence-electron chi connectivity index (χ3n) is 4.17. The maximum atomic E-state index is 11.7. The molecular weight excluding hydrogens is 281 g/mol. The Bertz CT molecular complexity index is 444. The van der Waals surface area contributed by atoms with Crippen LogP contribution in [0.5, 0.6) is 0 Å². The van der Waals surface area contributed by atoms with Crippen LogP contribution in [0.4, 0.5) is 0 Å². The summed E-state index contributed by atoms with van der Waals surface area (Å²) < 4.78 is 6.44. The normalized spacial score (nSPS) is 12.1. The number of esters is 1. The van der Waals surface area contributed by atoms with Crippen LogP contribution in [0.2, 0.25) is 0 Å². The monoisotopic (exact) mass is 309 g/mol. The van der Waals surface area contributed by atoms with Crippen molar-refractivity contribution in [2.45, 2.75) is 46.4 Å². The van der Waals surface area contributed by atoms with Crippen molar-refractivity contribution in [2.24, 2.45) is 0 Å². The van der Waals surface area contributed by atoms with E-state index in [0.717, 1.165) is 37.0 Å². The molecule has 0 radical (unpaired) electrons. The predicted octanol–water partition coefficient (Wildman–Crippen LogP) is 0.903. The van der Waals surface area contributed by atoms with E-state index in [4.69, 9.17) is 4.74 Å². The third kappa shape index (κ3) is 5.26. The summed E-state index contributed by atoms with van der Waals surface area (Å²) in [6.07, 6.45) is 3.00. The number of halogens is 1. The second-order valence-corrected chi connectivity index (χ2v) is 5.38. The van der Waals surface area contributed by atoms with E-state index in [1.807, 2.05) is 6.07 Å². The van der Waals surface area contributed by atoms with Gasteiger partial charge in [-0.15, -0.1) is 0 Å². The Balaban J connectivity index is 0.00000441. The number of ether oxygens (including phenoxy) is 1. The Morgan fingerprint density at radius 1 is 1.23 bits per heavy atom. The molecular formula is C18H28FNO2. The zero-order valence-corrected chi connectivity index (χ0v) is 13.9.